The Labute approximate surface area is 113 Å². The zero-order chi connectivity index (χ0) is 13.1. The predicted octanol–water partition coefficient (Wildman–Crippen LogP) is 4.96. The van der Waals surface area contributed by atoms with Crippen LogP contribution in [0, 0.1) is 6.92 Å². The highest BCUT2D eigenvalue weighted by atomic mass is 35.5. The lowest BCUT2D eigenvalue weighted by Crippen LogP contribution is -1.93. The molecule has 2 aromatic rings. The van der Waals surface area contributed by atoms with Gasteiger partial charge >= 0.3 is 0 Å². The summed E-state index contributed by atoms with van der Waals surface area (Å²) in [5.74, 6) is 2.04. The second-order valence-electron chi connectivity index (χ2n) is 4.59. The van der Waals surface area contributed by atoms with Gasteiger partial charge in [0.2, 0.25) is 0 Å². The van der Waals surface area contributed by atoms with Crippen LogP contribution in [0.4, 0.5) is 0 Å². The van der Waals surface area contributed by atoms with Gasteiger partial charge < -0.3 is 4.74 Å². The summed E-state index contributed by atoms with van der Waals surface area (Å²) in [7, 11) is 0. The number of halogens is 1. The molecular formula is C15H16ClNO. The molecule has 0 bridgehead atoms. The van der Waals surface area contributed by atoms with E-state index in [0.717, 1.165) is 5.75 Å². The van der Waals surface area contributed by atoms with Gasteiger partial charge in [-0.25, -0.2) is 4.98 Å². The third kappa shape index (κ3) is 3.02. The molecule has 0 atom stereocenters. The van der Waals surface area contributed by atoms with E-state index in [0.29, 0.717) is 16.8 Å². The Bertz CT molecular complexity index is 552. The topological polar surface area (TPSA) is 22.1 Å². The van der Waals surface area contributed by atoms with Crippen molar-refractivity contribution < 1.29 is 4.74 Å². The molecule has 2 rings (SSSR count). The highest BCUT2D eigenvalue weighted by molar-refractivity contribution is 6.29. The van der Waals surface area contributed by atoms with Gasteiger partial charge in [0.05, 0.1) is 0 Å². The van der Waals surface area contributed by atoms with Crippen molar-refractivity contribution in [3.05, 3.63) is 52.8 Å². The van der Waals surface area contributed by atoms with Crippen LogP contribution in [0.15, 0.2) is 36.5 Å². The fourth-order valence-corrected chi connectivity index (χ4v) is 2.11. The monoisotopic (exact) mass is 261 g/mol. The molecule has 94 valence electrons. The van der Waals surface area contributed by atoms with Crippen LogP contribution in [0.1, 0.15) is 30.9 Å². The van der Waals surface area contributed by atoms with Crippen LogP contribution in [0.2, 0.25) is 5.15 Å². The molecule has 0 spiro atoms. The minimum absolute atomic E-state index is 0.433. The number of rotatable bonds is 3. The molecule has 0 saturated carbocycles. The van der Waals surface area contributed by atoms with Crippen LogP contribution < -0.4 is 4.74 Å². The summed E-state index contributed by atoms with van der Waals surface area (Å²) in [6.07, 6.45) is 1.63. The van der Waals surface area contributed by atoms with Crippen LogP contribution in [0.25, 0.3) is 0 Å². The van der Waals surface area contributed by atoms with Gasteiger partial charge in [0, 0.05) is 12.3 Å². The summed E-state index contributed by atoms with van der Waals surface area (Å²) in [4.78, 5) is 3.92. The van der Waals surface area contributed by atoms with Crippen molar-refractivity contribution in [2.75, 3.05) is 0 Å². The van der Waals surface area contributed by atoms with E-state index in [2.05, 4.69) is 31.8 Å². The summed E-state index contributed by atoms with van der Waals surface area (Å²) in [5.41, 5.74) is 2.58. The molecule has 1 heterocycles. The third-order valence-electron chi connectivity index (χ3n) is 2.80. The van der Waals surface area contributed by atoms with Crippen molar-refractivity contribution >= 4 is 11.6 Å². The predicted molar refractivity (Wildman–Crippen MR) is 74.6 cm³/mol. The number of aromatic nitrogens is 1. The van der Waals surface area contributed by atoms with Crippen molar-refractivity contribution in [2.45, 2.75) is 26.7 Å². The molecule has 0 amide bonds. The normalized spacial score (nSPS) is 10.7. The number of hydrogen-bond acceptors (Lipinski definition) is 2. The van der Waals surface area contributed by atoms with Gasteiger partial charge in [-0.1, -0.05) is 31.5 Å². The Balaban J connectivity index is 2.23. The number of pyridine rings is 1. The van der Waals surface area contributed by atoms with Gasteiger partial charge in [-0.3, -0.25) is 0 Å². The fourth-order valence-electron chi connectivity index (χ4n) is 1.94. The molecule has 1 aromatic heterocycles. The molecule has 2 nitrogen and oxygen atoms in total. The van der Waals surface area contributed by atoms with Gasteiger partial charge in [0.1, 0.15) is 16.7 Å². The van der Waals surface area contributed by atoms with Gasteiger partial charge in [-0.05, 0) is 42.2 Å². The van der Waals surface area contributed by atoms with Crippen LogP contribution in [0.5, 0.6) is 11.5 Å². The summed E-state index contributed by atoms with van der Waals surface area (Å²) in [6.45, 7) is 6.47. The first-order chi connectivity index (χ1) is 8.56. The molecule has 3 heteroatoms. The molecule has 0 aliphatic heterocycles. The second kappa shape index (κ2) is 5.40. The molecule has 0 aliphatic rings. The smallest absolute Gasteiger partial charge is 0.132 e. The summed E-state index contributed by atoms with van der Waals surface area (Å²) >= 11 is 5.82. The maximum atomic E-state index is 5.82. The lowest BCUT2D eigenvalue weighted by atomic mass is 9.98. The highest BCUT2D eigenvalue weighted by Crippen LogP contribution is 2.27. The number of nitrogens with zero attached hydrogens (tertiary/aromatic N) is 1. The highest BCUT2D eigenvalue weighted by Gasteiger charge is 2.05. The van der Waals surface area contributed by atoms with E-state index in [1.165, 1.54) is 11.1 Å². The quantitative estimate of drug-likeness (QED) is 0.729. The largest absolute Gasteiger partial charge is 0.457 e. The second-order valence-corrected chi connectivity index (χ2v) is 4.98. The van der Waals surface area contributed by atoms with E-state index >= 15 is 0 Å². The molecule has 18 heavy (non-hydrogen) atoms. The average molecular weight is 262 g/mol. The Hall–Kier alpha value is -1.54. The number of aryl methyl sites for hydroxylation is 1. The van der Waals surface area contributed by atoms with Gasteiger partial charge in [0.15, 0.2) is 0 Å². The first-order valence-corrected chi connectivity index (χ1v) is 6.34. The van der Waals surface area contributed by atoms with E-state index in [-0.39, 0.29) is 0 Å². The minimum Gasteiger partial charge on any atom is -0.457 e. The van der Waals surface area contributed by atoms with Crippen LogP contribution >= 0.6 is 11.6 Å². The van der Waals surface area contributed by atoms with Gasteiger partial charge in [-0.15, -0.1) is 0 Å². The lowest BCUT2D eigenvalue weighted by molar-refractivity contribution is 0.481. The average Bonchev–Trinajstić information content (AvgIpc) is 2.28. The number of ether oxygens (including phenoxy) is 1. The SMILES string of the molecule is Cc1cc(Oc2ccnc(Cl)c2)ccc1C(C)C. The minimum atomic E-state index is 0.433. The molecule has 0 fully saturated rings. The number of hydrogen-bond donors (Lipinski definition) is 0. The fraction of sp³-hybridized carbons (Fsp3) is 0.267. The van der Waals surface area contributed by atoms with E-state index in [1.54, 1.807) is 18.3 Å². The molecule has 0 N–H and O–H groups in total. The third-order valence-corrected chi connectivity index (χ3v) is 3.00. The Kier molecular flexibility index (Phi) is 3.87. The van der Waals surface area contributed by atoms with E-state index < -0.39 is 0 Å². The standard InChI is InChI=1S/C15H16ClNO/c1-10(2)14-5-4-12(8-11(14)3)18-13-6-7-17-15(16)9-13/h4-10H,1-3H3. The molecule has 0 unspecified atom stereocenters. The van der Waals surface area contributed by atoms with Crippen LogP contribution in [-0.4, -0.2) is 4.98 Å². The maximum Gasteiger partial charge on any atom is 0.132 e. The van der Waals surface area contributed by atoms with Crippen molar-refractivity contribution in [3.8, 4) is 11.5 Å². The molecule has 0 aliphatic carbocycles. The van der Waals surface area contributed by atoms with Crippen LogP contribution in [-0.2, 0) is 0 Å². The Morgan fingerprint density at radius 1 is 1.11 bits per heavy atom. The van der Waals surface area contributed by atoms with E-state index in [1.807, 2.05) is 12.1 Å². The van der Waals surface area contributed by atoms with Crippen molar-refractivity contribution in [3.63, 3.8) is 0 Å². The van der Waals surface area contributed by atoms with E-state index in [9.17, 15) is 0 Å². The van der Waals surface area contributed by atoms with Gasteiger partial charge in [-0.2, -0.15) is 0 Å². The zero-order valence-electron chi connectivity index (χ0n) is 10.8. The molecule has 0 saturated heterocycles. The summed E-state index contributed by atoms with van der Waals surface area (Å²) in [5, 5.41) is 0.433. The first kappa shape index (κ1) is 12.9. The van der Waals surface area contributed by atoms with Gasteiger partial charge in [0.25, 0.3) is 0 Å². The maximum absolute atomic E-state index is 5.82. The lowest BCUT2D eigenvalue weighted by Gasteiger charge is -2.12. The molecular weight excluding hydrogens is 246 g/mol. The number of benzene rings is 1. The van der Waals surface area contributed by atoms with Crippen molar-refractivity contribution in [1.29, 1.82) is 0 Å². The molecule has 0 radical (unpaired) electrons. The van der Waals surface area contributed by atoms with E-state index in [4.69, 9.17) is 16.3 Å². The Morgan fingerprint density at radius 2 is 1.83 bits per heavy atom. The summed E-state index contributed by atoms with van der Waals surface area (Å²) in [6, 6.07) is 9.63. The first-order valence-electron chi connectivity index (χ1n) is 5.96. The van der Waals surface area contributed by atoms with Crippen molar-refractivity contribution in [2.24, 2.45) is 0 Å². The van der Waals surface area contributed by atoms with Crippen LogP contribution in [0.3, 0.4) is 0 Å². The Morgan fingerprint density at radius 3 is 2.44 bits per heavy atom. The molecule has 1 aromatic carbocycles. The summed E-state index contributed by atoms with van der Waals surface area (Å²) < 4.78 is 5.75. The zero-order valence-corrected chi connectivity index (χ0v) is 11.5. The van der Waals surface area contributed by atoms with Crippen molar-refractivity contribution in [1.82, 2.24) is 4.98 Å².